The average molecular weight is 501 g/mol. The van der Waals surface area contributed by atoms with Gasteiger partial charge in [0.1, 0.15) is 0 Å². The third kappa shape index (κ3) is 4.61. The first-order chi connectivity index (χ1) is 18.4. The van der Waals surface area contributed by atoms with Gasteiger partial charge in [-0.2, -0.15) is 0 Å². The number of piperidine rings is 2. The monoisotopic (exact) mass is 500 g/mol. The highest BCUT2D eigenvalue weighted by Gasteiger charge is 2.52. The predicted octanol–water partition coefficient (Wildman–Crippen LogP) is 8.36. The molecule has 2 heteroatoms. The molecule has 4 aromatic rings. The van der Waals surface area contributed by atoms with Gasteiger partial charge >= 0.3 is 0 Å². The van der Waals surface area contributed by atoms with Crippen molar-refractivity contribution in [3.63, 3.8) is 0 Å². The van der Waals surface area contributed by atoms with E-state index in [2.05, 4.69) is 142 Å². The lowest BCUT2D eigenvalue weighted by molar-refractivity contribution is -0.0484. The Morgan fingerprint density at radius 3 is 1.08 bits per heavy atom. The van der Waals surface area contributed by atoms with Crippen molar-refractivity contribution in [3.8, 4) is 0 Å². The van der Waals surface area contributed by atoms with Crippen molar-refractivity contribution in [2.75, 3.05) is 7.05 Å². The van der Waals surface area contributed by atoms with Crippen LogP contribution in [0.25, 0.3) is 0 Å². The van der Waals surface area contributed by atoms with Crippen molar-refractivity contribution in [2.24, 2.45) is 11.8 Å². The van der Waals surface area contributed by atoms with Gasteiger partial charge in [-0.05, 0) is 75.3 Å². The van der Waals surface area contributed by atoms with E-state index in [-0.39, 0.29) is 12.1 Å². The fourth-order valence-corrected chi connectivity index (χ4v) is 7.15. The van der Waals surface area contributed by atoms with Crippen molar-refractivity contribution in [1.29, 1.82) is 0 Å². The van der Waals surface area contributed by atoms with Gasteiger partial charge in [-0.25, -0.2) is 0 Å². The number of hydrogen-bond acceptors (Lipinski definition) is 2. The van der Waals surface area contributed by atoms with Gasteiger partial charge in [0.15, 0.2) is 0 Å². The zero-order valence-corrected chi connectivity index (χ0v) is 23.4. The molecular formula is C36H40N2. The first kappa shape index (κ1) is 25.1. The summed E-state index contributed by atoms with van der Waals surface area (Å²) in [5.41, 5.74) is 10.9. The number of benzene rings is 4. The molecule has 6 rings (SSSR count). The number of hydrogen-bond donors (Lipinski definition) is 1. The summed E-state index contributed by atoms with van der Waals surface area (Å²) in [5, 5.41) is 4.24. The summed E-state index contributed by atoms with van der Waals surface area (Å²) >= 11 is 0. The molecule has 6 atom stereocenters. The molecule has 38 heavy (non-hydrogen) atoms. The van der Waals surface area contributed by atoms with Crippen molar-refractivity contribution < 1.29 is 0 Å². The molecule has 6 unspecified atom stereocenters. The molecule has 2 aliphatic rings. The fraction of sp³-hybridized carbons (Fsp3) is 0.333. The second kappa shape index (κ2) is 10.2. The van der Waals surface area contributed by atoms with Gasteiger partial charge in [-0.1, -0.05) is 119 Å². The van der Waals surface area contributed by atoms with Crippen LogP contribution in [0.3, 0.4) is 0 Å². The first-order valence-corrected chi connectivity index (χ1v) is 14.1. The molecule has 2 bridgehead atoms. The van der Waals surface area contributed by atoms with Crippen molar-refractivity contribution in [3.05, 3.63) is 142 Å². The first-order valence-electron chi connectivity index (χ1n) is 14.1. The van der Waals surface area contributed by atoms with Gasteiger partial charge < -0.3 is 5.32 Å². The van der Waals surface area contributed by atoms with Crippen molar-refractivity contribution in [2.45, 2.75) is 58.3 Å². The average Bonchev–Trinajstić information content (AvgIpc) is 2.92. The molecule has 0 spiro atoms. The van der Waals surface area contributed by atoms with Crippen molar-refractivity contribution in [1.82, 2.24) is 10.2 Å². The van der Waals surface area contributed by atoms with Gasteiger partial charge in [-0.3, -0.25) is 4.90 Å². The van der Waals surface area contributed by atoms with Crippen LogP contribution in [0.15, 0.2) is 97.1 Å². The predicted molar refractivity (Wildman–Crippen MR) is 158 cm³/mol. The second-order valence-corrected chi connectivity index (χ2v) is 11.9. The highest BCUT2D eigenvalue weighted by Crippen LogP contribution is 2.57. The van der Waals surface area contributed by atoms with Gasteiger partial charge in [0.25, 0.3) is 0 Å². The number of nitrogens with one attached hydrogen (secondary N) is 1. The van der Waals surface area contributed by atoms with Crippen molar-refractivity contribution >= 4 is 0 Å². The van der Waals surface area contributed by atoms with Crippen LogP contribution in [0.2, 0.25) is 0 Å². The van der Waals surface area contributed by atoms with E-state index < -0.39 is 0 Å². The maximum atomic E-state index is 4.24. The summed E-state index contributed by atoms with van der Waals surface area (Å²) < 4.78 is 0. The highest BCUT2D eigenvalue weighted by molar-refractivity contribution is 5.36. The molecule has 0 radical (unpaired) electrons. The summed E-state index contributed by atoms with van der Waals surface area (Å²) in [6.45, 7) is 8.73. The smallest absolute Gasteiger partial charge is 0.0397 e. The highest BCUT2D eigenvalue weighted by atomic mass is 15.2. The minimum atomic E-state index is 0.283. The van der Waals surface area contributed by atoms with Gasteiger partial charge in [0, 0.05) is 24.2 Å². The normalized spacial score (nSPS) is 27.3. The summed E-state index contributed by atoms with van der Waals surface area (Å²) in [7, 11) is 2.37. The lowest BCUT2D eigenvalue weighted by atomic mass is 9.64. The second-order valence-electron chi connectivity index (χ2n) is 11.9. The maximum Gasteiger partial charge on any atom is 0.0397 e. The van der Waals surface area contributed by atoms with E-state index in [1.54, 1.807) is 0 Å². The Morgan fingerprint density at radius 1 is 0.474 bits per heavy atom. The SMILES string of the molecule is Cc1ccc(C2NC(c3ccc(C)cc3)C3CC2C(c2ccc(C)cc2)N(C)C3c2ccc(C)cc2)cc1. The molecule has 2 fully saturated rings. The minimum Gasteiger partial charge on any atom is -0.302 e. The fourth-order valence-electron chi connectivity index (χ4n) is 7.15. The van der Waals surface area contributed by atoms with Crippen LogP contribution in [-0.2, 0) is 0 Å². The lowest BCUT2D eigenvalue weighted by Gasteiger charge is -2.57. The Balaban J connectivity index is 1.50. The molecule has 4 aromatic carbocycles. The molecule has 194 valence electrons. The molecule has 2 nitrogen and oxygen atoms in total. The Kier molecular flexibility index (Phi) is 6.72. The number of rotatable bonds is 4. The van der Waals surface area contributed by atoms with Crippen LogP contribution in [0.1, 0.15) is 75.1 Å². The molecule has 2 saturated heterocycles. The van der Waals surface area contributed by atoms with E-state index in [0.717, 1.165) is 0 Å². The van der Waals surface area contributed by atoms with E-state index in [4.69, 9.17) is 0 Å². The number of nitrogens with zero attached hydrogens (tertiary/aromatic N) is 1. The molecule has 2 heterocycles. The Morgan fingerprint density at radius 2 is 0.763 bits per heavy atom. The standard InChI is InChI=1S/C36H40N2/c1-23-6-14-27(15-7-23)33-31-22-32(34(37-33)28-16-8-24(2)9-17-28)36(30-20-12-26(4)13-21-30)38(5)35(31)29-18-10-25(3)11-19-29/h6-21,31-37H,22H2,1-5H3. The lowest BCUT2D eigenvalue weighted by Crippen LogP contribution is -2.55. The summed E-state index contributed by atoms with van der Waals surface area (Å²) in [5.74, 6) is 0.942. The molecule has 0 aromatic heterocycles. The Bertz CT molecular complexity index is 1260. The van der Waals surface area contributed by atoms with E-state index in [0.29, 0.717) is 23.9 Å². The van der Waals surface area contributed by atoms with Gasteiger partial charge in [0.2, 0.25) is 0 Å². The minimum absolute atomic E-state index is 0.283. The molecule has 0 saturated carbocycles. The summed E-state index contributed by atoms with van der Waals surface area (Å²) in [6, 6.07) is 38.3. The van der Waals surface area contributed by atoms with Gasteiger partial charge in [0.05, 0.1) is 0 Å². The van der Waals surface area contributed by atoms with Crippen LogP contribution >= 0.6 is 0 Å². The zero-order valence-electron chi connectivity index (χ0n) is 23.4. The van der Waals surface area contributed by atoms with E-state index >= 15 is 0 Å². The largest absolute Gasteiger partial charge is 0.302 e. The maximum absolute atomic E-state index is 4.24. The Hall–Kier alpha value is -3.20. The molecular weight excluding hydrogens is 460 g/mol. The van der Waals surface area contributed by atoms with Crippen LogP contribution in [-0.4, -0.2) is 11.9 Å². The molecule has 1 N–H and O–H groups in total. The third-order valence-electron chi connectivity index (χ3n) is 9.16. The van der Waals surface area contributed by atoms with E-state index in [1.165, 1.54) is 50.9 Å². The van der Waals surface area contributed by atoms with Crippen LogP contribution in [0.4, 0.5) is 0 Å². The zero-order chi connectivity index (χ0) is 26.4. The van der Waals surface area contributed by atoms with Crippen LogP contribution < -0.4 is 5.32 Å². The van der Waals surface area contributed by atoms with E-state index in [1.807, 2.05) is 0 Å². The summed E-state index contributed by atoms with van der Waals surface area (Å²) in [6.07, 6.45) is 1.19. The quantitative estimate of drug-likeness (QED) is 0.303. The molecule has 2 aliphatic heterocycles. The third-order valence-corrected chi connectivity index (χ3v) is 9.16. The number of likely N-dealkylation sites (tertiary alicyclic amines) is 1. The summed E-state index contributed by atoms with van der Waals surface area (Å²) in [4.78, 5) is 2.71. The topological polar surface area (TPSA) is 15.3 Å². The number of fused-ring (bicyclic) bond motifs is 2. The van der Waals surface area contributed by atoms with Gasteiger partial charge in [-0.15, -0.1) is 0 Å². The van der Waals surface area contributed by atoms with Crippen LogP contribution in [0.5, 0.6) is 0 Å². The van der Waals surface area contributed by atoms with Crippen LogP contribution in [0, 0.1) is 39.5 Å². The molecule has 0 amide bonds. The molecule has 0 aliphatic carbocycles. The number of aryl methyl sites for hydroxylation is 4. The Labute approximate surface area is 228 Å². The van der Waals surface area contributed by atoms with E-state index in [9.17, 15) is 0 Å².